The van der Waals surface area contributed by atoms with Gasteiger partial charge in [-0.1, -0.05) is 0 Å². The van der Waals surface area contributed by atoms with Crippen molar-refractivity contribution < 1.29 is 0 Å². The Labute approximate surface area is 109 Å². The maximum Gasteiger partial charge on any atom is 0.0992 e. The molecule has 0 amide bonds. The highest BCUT2D eigenvalue weighted by atomic mass is 127. The summed E-state index contributed by atoms with van der Waals surface area (Å²) in [6, 6.07) is 0. The molecular formula is C11H13IN4. The van der Waals surface area contributed by atoms with Gasteiger partial charge in [0.2, 0.25) is 0 Å². The molecule has 0 aliphatic rings. The van der Waals surface area contributed by atoms with Crippen LogP contribution in [-0.2, 0) is 0 Å². The predicted octanol–water partition coefficient (Wildman–Crippen LogP) is 2.77. The van der Waals surface area contributed by atoms with E-state index in [0.29, 0.717) is 0 Å². The number of aromatic nitrogens is 2. The van der Waals surface area contributed by atoms with Crippen molar-refractivity contribution in [3.63, 3.8) is 0 Å². The maximum absolute atomic E-state index is 4.46. The third-order valence-electron chi connectivity index (χ3n) is 2.48. The van der Waals surface area contributed by atoms with E-state index in [9.17, 15) is 0 Å². The fourth-order valence-electron chi connectivity index (χ4n) is 1.86. The number of nitrogens with one attached hydrogen (secondary N) is 1. The summed E-state index contributed by atoms with van der Waals surface area (Å²) >= 11 is 2.10. The van der Waals surface area contributed by atoms with E-state index < -0.39 is 0 Å². The van der Waals surface area contributed by atoms with Crippen LogP contribution in [0.1, 0.15) is 5.56 Å². The molecule has 2 aromatic rings. The Hall–Kier alpha value is -1.11. The molecule has 4 nitrogen and oxygen atoms in total. The van der Waals surface area contributed by atoms with Gasteiger partial charge < -0.3 is 8.43 Å². The van der Waals surface area contributed by atoms with Gasteiger partial charge in [-0.25, -0.2) is 0 Å². The fourth-order valence-corrected chi connectivity index (χ4v) is 2.26. The number of anilines is 2. The maximum atomic E-state index is 4.46. The number of rotatable bonds is 2. The second-order valence-electron chi connectivity index (χ2n) is 3.86. The Bertz CT molecular complexity index is 525. The summed E-state index contributed by atoms with van der Waals surface area (Å²) in [6.45, 7) is 2.06. The lowest BCUT2D eigenvalue weighted by Crippen LogP contribution is -2.11. The van der Waals surface area contributed by atoms with Crippen molar-refractivity contribution in [2.24, 2.45) is 0 Å². The molecule has 0 spiro atoms. The van der Waals surface area contributed by atoms with Gasteiger partial charge in [-0.15, -0.1) is 0 Å². The van der Waals surface area contributed by atoms with Gasteiger partial charge in [0.25, 0.3) is 0 Å². The lowest BCUT2D eigenvalue weighted by atomic mass is 10.1. The van der Waals surface area contributed by atoms with Gasteiger partial charge in [0, 0.05) is 31.9 Å². The molecule has 0 unspecified atom stereocenters. The summed E-state index contributed by atoms with van der Waals surface area (Å²) in [5.41, 5.74) is 4.23. The highest BCUT2D eigenvalue weighted by Gasteiger charge is 2.10. The highest BCUT2D eigenvalue weighted by molar-refractivity contribution is 14.1. The second kappa shape index (κ2) is 4.40. The van der Waals surface area contributed by atoms with E-state index >= 15 is 0 Å². The second-order valence-corrected chi connectivity index (χ2v) is 4.40. The van der Waals surface area contributed by atoms with Crippen molar-refractivity contribution >= 4 is 45.1 Å². The standard InChI is InChI=1S/C11H13IN4/c1-7-4-14-10-8(11(7)16(2)3)5-13-6-9(10)15-12/h4-6,15H,1-3H3. The van der Waals surface area contributed by atoms with Crippen LogP contribution < -0.4 is 8.43 Å². The average molecular weight is 328 g/mol. The summed E-state index contributed by atoms with van der Waals surface area (Å²) in [5.74, 6) is 0. The summed E-state index contributed by atoms with van der Waals surface area (Å²) in [7, 11) is 4.07. The first-order valence-corrected chi connectivity index (χ1v) is 6.00. The predicted molar refractivity (Wildman–Crippen MR) is 76.2 cm³/mol. The third-order valence-corrected chi connectivity index (χ3v) is 3.06. The molecule has 0 aliphatic heterocycles. The molecule has 0 aromatic carbocycles. The fraction of sp³-hybridized carbons (Fsp3) is 0.273. The Morgan fingerprint density at radius 3 is 2.62 bits per heavy atom. The number of pyridine rings is 2. The molecule has 2 aromatic heterocycles. The number of fused-ring (bicyclic) bond motifs is 1. The van der Waals surface area contributed by atoms with Gasteiger partial charge in [-0.05, 0) is 12.5 Å². The van der Waals surface area contributed by atoms with Crippen LogP contribution in [-0.4, -0.2) is 24.1 Å². The van der Waals surface area contributed by atoms with Crippen LogP contribution in [0.3, 0.4) is 0 Å². The summed E-state index contributed by atoms with van der Waals surface area (Å²) < 4.78 is 3.08. The minimum atomic E-state index is 0.946. The monoisotopic (exact) mass is 328 g/mol. The van der Waals surface area contributed by atoms with Gasteiger partial charge in [0.1, 0.15) is 0 Å². The topological polar surface area (TPSA) is 41.1 Å². The summed E-state index contributed by atoms with van der Waals surface area (Å²) in [6.07, 6.45) is 5.55. The zero-order valence-corrected chi connectivity index (χ0v) is 11.6. The molecule has 2 heterocycles. The number of hydrogen-bond acceptors (Lipinski definition) is 4. The molecule has 84 valence electrons. The van der Waals surface area contributed by atoms with Crippen molar-refractivity contribution in [1.82, 2.24) is 9.97 Å². The van der Waals surface area contributed by atoms with E-state index in [-0.39, 0.29) is 0 Å². The van der Waals surface area contributed by atoms with E-state index in [1.54, 1.807) is 6.20 Å². The quantitative estimate of drug-likeness (QED) is 0.680. The molecule has 0 fully saturated rings. The minimum Gasteiger partial charge on any atom is -0.377 e. The molecule has 0 radical (unpaired) electrons. The van der Waals surface area contributed by atoms with E-state index in [0.717, 1.165) is 22.2 Å². The molecule has 1 N–H and O–H groups in total. The lowest BCUT2D eigenvalue weighted by molar-refractivity contribution is 1.11. The molecule has 0 saturated heterocycles. The number of hydrogen-bond donors (Lipinski definition) is 1. The van der Waals surface area contributed by atoms with Crippen molar-refractivity contribution in [2.45, 2.75) is 6.92 Å². The largest absolute Gasteiger partial charge is 0.377 e. The van der Waals surface area contributed by atoms with E-state index in [1.165, 1.54) is 5.69 Å². The van der Waals surface area contributed by atoms with Crippen LogP contribution in [0.5, 0.6) is 0 Å². The van der Waals surface area contributed by atoms with Crippen LogP contribution >= 0.6 is 22.9 Å². The zero-order valence-electron chi connectivity index (χ0n) is 9.45. The summed E-state index contributed by atoms with van der Waals surface area (Å²) in [5, 5.41) is 1.08. The van der Waals surface area contributed by atoms with E-state index in [2.05, 4.69) is 48.2 Å². The van der Waals surface area contributed by atoms with Crippen molar-refractivity contribution in [3.05, 3.63) is 24.2 Å². The molecule has 0 bridgehead atoms. The van der Waals surface area contributed by atoms with Crippen LogP contribution in [0, 0.1) is 6.92 Å². The Morgan fingerprint density at radius 2 is 2.00 bits per heavy atom. The number of aryl methyl sites for hydroxylation is 1. The minimum absolute atomic E-state index is 0.946. The average Bonchev–Trinajstić information content (AvgIpc) is 2.27. The van der Waals surface area contributed by atoms with Gasteiger partial charge in [-0.2, -0.15) is 0 Å². The van der Waals surface area contributed by atoms with Crippen LogP contribution in [0.15, 0.2) is 18.6 Å². The first kappa shape index (κ1) is 11.4. The molecule has 16 heavy (non-hydrogen) atoms. The molecule has 0 saturated carbocycles. The van der Waals surface area contributed by atoms with Crippen LogP contribution in [0.2, 0.25) is 0 Å². The molecule has 5 heteroatoms. The first-order valence-electron chi connectivity index (χ1n) is 4.92. The van der Waals surface area contributed by atoms with Gasteiger partial charge in [0.05, 0.1) is 46.0 Å². The van der Waals surface area contributed by atoms with Crippen LogP contribution in [0.25, 0.3) is 10.9 Å². The van der Waals surface area contributed by atoms with Crippen molar-refractivity contribution in [2.75, 3.05) is 22.5 Å². The smallest absolute Gasteiger partial charge is 0.0992 e. The van der Waals surface area contributed by atoms with Crippen LogP contribution in [0.4, 0.5) is 11.4 Å². The normalized spacial score (nSPS) is 10.5. The van der Waals surface area contributed by atoms with E-state index in [4.69, 9.17) is 0 Å². The molecular weight excluding hydrogens is 315 g/mol. The van der Waals surface area contributed by atoms with Crippen molar-refractivity contribution in [3.8, 4) is 0 Å². The van der Waals surface area contributed by atoms with E-state index in [1.807, 2.05) is 26.5 Å². The summed E-state index contributed by atoms with van der Waals surface area (Å²) in [4.78, 5) is 10.8. The van der Waals surface area contributed by atoms with Gasteiger partial charge in [0.15, 0.2) is 0 Å². The Morgan fingerprint density at radius 1 is 1.25 bits per heavy atom. The Balaban J connectivity index is 2.83. The number of halogens is 1. The van der Waals surface area contributed by atoms with Gasteiger partial charge in [-0.3, -0.25) is 9.97 Å². The number of nitrogens with zero attached hydrogens (tertiary/aromatic N) is 3. The van der Waals surface area contributed by atoms with Crippen molar-refractivity contribution in [1.29, 1.82) is 0 Å². The molecule has 0 atom stereocenters. The first-order chi connectivity index (χ1) is 7.65. The highest BCUT2D eigenvalue weighted by Crippen LogP contribution is 2.30. The zero-order chi connectivity index (χ0) is 11.7. The Kier molecular flexibility index (Phi) is 3.13. The van der Waals surface area contributed by atoms with Gasteiger partial charge >= 0.3 is 0 Å². The molecule has 0 aliphatic carbocycles. The lowest BCUT2D eigenvalue weighted by Gasteiger charge is -2.18. The SMILES string of the molecule is Cc1cnc2c(NI)cncc2c1N(C)C. The third kappa shape index (κ3) is 1.79. The molecule has 2 rings (SSSR count).